The number of rotatable bonds is 6. The molecule has 0 radical (unpaired) electrons. The highest BCUT2D eigenvalue weighted by Crippen LogP contribution is 2.27. The van der Waals surface area contributed by atoms with Crippen LogP contribution in [0.5, 0.6) is 5.75 Å². The third-order valence-electron chi connectivity index (χ3n) is 6.88. The third-order valence-corrected chi connectivity index (χ3v) is 6.88. The van der Waals surface area contributed by atoms with Crippen molar-refractivity contribution in [1.29, 1.82) is 0 Å². The van der Waals surface area contributed by atoms with Gasteiger partial charge in [-0.2, -0.15) is 0 Å². The number of nitrogens with zero attached hydrogens (tertiary/aromatic N) is 3. The Bertz CT molecular complexity index is 923. The van der Waals surface area contributed by atoms with Gasteiger partial charge in [0.15, 0.2) is 0 Å². The summed E-state index contributed by atoms with van der Waals surface area (Å²) in [4.78, 5) is 32.5. The summed E-state index contributed by atoms with van der Waals surface area (Å²) in [6.45, 7) is 6.60. The molecule has 2 saturated heterocycles. The molecule has 2 aliphatic heterocycles. The molecule has 33 heavy (non-hydrogen) atoms. The fourth-order valence-corrected chi connectivity index (χ4v) is 4.70. The normalized spacial score (nSPS) is 21.6. The number of hydrogen-bond acceptors (Lipinski definition) is 4. The molecule has 2 aromatic rings. The van der Waals surface area contributed by atoms with Crippen molar-refractivity contribution in [2.45, 2.75) is 32.3 Å². The minimum Gasteiger partial charge on any atom is -0.490 e. The van der Waals surface area contributed by atoms with E-state index in [1.807, 2.05) is 64.4 Å². The maximum Gasteiger partial charge on any atom is 0.253 e. The summed E-state index contributed by atoms with van der Waals surface area (Å²) in [7, 11) is 2.09. The summed E-state index contributed by atoms with van der Waals surface area (Å²) in [5.41, 5.74) is 1.93. The number of para-hydroxylation sites is 1. The average molecular weight is 450 g/mol. The van der Waals surface area contributed by atoms with Crippen LogP contribution in [0.15, 0.2) is 54.6 Å². The number of piperidine rings is 1. The molecule has 0 N–H and O–H groups in total. The van der Waals surface area contributed by atoms with Gasteiger partial charge in [0.25, 0.3) is 5.91 Å². The second kappa shape index (κ2) is 10.8. The average Bonchev–Trinajstić information content (AvgIpc) is 2.85. The van der Waals surface area contributed by atoms with Crippen molar-refractivity contribution in [2.75, 3.05) is 46.3 Å². The topological polar surface area (TPSA) is 53.1 Å². The van der Waals surface area contributed by atoms with Crippen molar-refractivity contribution in [3.63, 3.8) is 0 Å². The summed E-state index contributed by atoms with van der Waals surface area (Å²) in [5.74, 6) is 0.976. The number of likely N-dealkylation sites (tertiary alicyclic amines) is 1. The van der Waals surface area contributed by atoms with Crippen molar-refractivity contribution in [2.24, 2.45) is 5.92 Å². The van der Waals surface area contributed by atoms with Crippen LogP contribution in [0.4, 0.5) is 0 Å². The smallest absolute Gasteiger partial charge is 0.253 e. The fourth-order valence-electron chi connectivity index (χ4n) is 4.70. The molecule has 2 aromatic carbocycles. The number of carbonyl (C=O) groups is 2. The maximum atomic E-state index is 13.2. The monoisotopic (exact) mass is 449 g/mol. The molecular formula is C27H35N3O3. The number of ether oxygens (including phenoxy) is 1. The van der Waals surface area contributed by atoms with E-state index in [1.54, 1.807) is 0 Å². The molecule has 2 heterocycles. The predicted molar refractivity (Wildman–Crippen MR) is 129 cm³/mol. The van der Waals surface area contributed by atoms with Crippen molar-refractivity contribution < 1.29 is 14.3 Å². The van der Waals surface area contributed by atoms with Crippen LogP contribution in [0, 0.1) is 5.92 Å². The lowest BCUT2D eigenvalue weighted by atomic mass is 9.90. The van der Waals surface area contributed by atoms with Crippen molar-refractivity contribution in [3.05, 3.63) is 65.7 Å². The molecule has 6 nitrogen and oxygen atoms in total. The first-order chi connectivity index (χ1) is 16.0. The molecule has 0 spiro atoms. The second-order valence-corrected chi connectivity index (χ2v) is 9.21. The van der Waals surface area contributed by atoms with E-state index < -0.39 is 0 Å². The van der Waals surface area contributed by atoms with Crippen molar-refractivity contribution >= 4 is 11.8 Å². The van der Waals surface area contributed by atoms with Crippen LogP contribution in [0.25, 0.3) is 0 Å². The lowest BCUT2D eigenvalue weighted by Gasteiger charge is -2.40. The highest BCUT2D eigenvalue weighted by atomic mass is 16.5. The Balaban J connectivity index is 1.46. The van der Waals surface area contributed by atoms with E-state index in [1.165, 1.54) is 5.56 Å². The molecule has 4 rings (SSSR count). The zero-order valence-corrected chi connectivity index (χ0v) is 19.8. The van der Waals surface area contributed by atoms with E-state index in [0.29, 0.717) is 31.5 Å². The van der Waals surface area contributed by atoms with Gasteiger partial charge in [-0.15, -0.1) is 0 Å². The van der Waals surface area contributed by atoms with Crippen LogP contribution >= 0.6 is 0 Å². The van der Waals surface area contributed by atoms with E-state index in [4.69, 9.17) is 4.74 Å². The van der Waals surface area contributed by atoms with Crippen LogP contribution in [-0.2, 0) is 11.2 Å². The molecule has 2 amide bonds. The molecule has 2 fully saturated rings. The van der Waals surface area contributed by atoms with Crippen LogP contribution < -0.4 is 4.74 Å². The minimum absolute atomic E-state index is 0.0351. The first-order valence-electron chi connectivity index (χ1n) is 12.1. The van der Waals surface area contributed by atoms with Gasteiger partial charge in [0, 0.05) is 63.6 Å². The number of carbonyl (C=O) groups excluding carboxylic acids is 2. The van der Waals surface area contributed by atoms with Crippen LogP contribution in [0.1, 0.15) is 35.7 Å². The maximum absolute atomic E-state index is 13.2. The number of benzene rings is 2. The van der Waals surface area contributed by atoms with Crippen molar-refractivity contribution in [3.8, 4) is 5.75 Å². The molecule has 6 heteroatoms. The first kappa shape index (κ1) is 23.3. The quantitative estimate of drug-likeness (QED) is 0.679. The number of piperazine rings is 1. The van der Waals surface area contributed by atoms with Gasteiger partial charge in [0.05, 0.1) is 0 Å². The molecule has 0 aromatic heterocycles. The van der Waals surface area contributed by atoms with E-state index in [0.717, 1.165) is 38.3 Å². The number of hydrogen-bond donors (Lipinski definition) is 0. The van der Waals surface area contributed by atoms with Gasteiger partial charge in [-0.05, 0) is 43.3 Å². The van der Waals surface area contributed by atoms with Crippen molar-refractivity contribution in [1.82, 2.24) is 14.7 Å². The first-order valence-corrected chi connectivity index (χ1v) is 12.1. The van der Waals surface area contributed by atoms with E-state index >= 15 is 0 Å². The lowest BCUT2D eigenvalue weighted by Crippen LogP contribution is -2.51. The molecular weight excluding hydrogens is 414 g/mol. The Morgan fingerprint density at radius 2 is 1.61 bits per heavy atom. The molecule has 0 unspecified atom stereocenters. The Kier molecular flexibility index (Phi) is 7.65. The SMILES string of the molecule is CCc1ccc(C(=O)N2CC[C@H](Oc3ccccc3)[C@@H](CC(=O)N3CCN(C)CC3)C2)cc1. The Labute approximate surface area is 197 Å². The van der Waals surface area contributed by atoms with E-state index in [9.17, 15) is 9.59 Å². The van der Waals surface area contributed by atoms with Crippen LogP contribution in [-0.4, -0.2) is 78.9 Å². The third kappa shape index (κ3) is 5.93. The molecule has 0 bridgehead atoms. The summed E-state index contributed by atoms with van der Waals surface area (Å²) in [6.07, 6.45) is 1.98. The van der Waals surface area contributed by atoms with Crippen LogP contribution in [0.2, 0.25) is 0 Å². The highest BCUT2D eigenvalue weighted by molar-refractivity contribution is 5.94. The minimum atomic E-state index is -0.0877. The second-order valence-electron chi connectivity index (χ2n) is 9.21. The molecule has 0 saturated carbocycles. The predicted octanol–water partition coefficient (Wildman–Crippen LogP) is 3.32. The summed E-state index contributed by atoms with van der Waals surface area (Å²) >= 11 is 0. The fraction of sp³-hybridized carbons (Fsp3) is 0.481. The van der Waals surface area contributed by atoms with E-state index in [-0.39, 0.29) is 23.8 Å². The van der Waals surface area contributed by atoms with Gasteiger partial charge >= 0.3 is 0 Å². The lowest BCUT2D eigenvalue weighted by molar-refractivity contribution is -0.135. The van der Waals surface area contributed by atoms with Gasteiger partial charge in [-0.3, -0.25) is 9.59 Å². The van der Waals surface area contributed by atoms with E-state index in [2.05, 4.69) is 18.9 Å². The summed E-state index contributed by atoms with van der Waals surface area (Å²) in [6, 6.07) is 17.7. The Morgan fingerprint density at radius 3 is 2.27 bits per heavy atom. The van der Waals surface area contributed by atoms with Gasteiger partial charge in [-0.25, -0.2) is 0 Å². The molecule has 2 aliphatic rings. The Morgan fingerprint density at radius 1 is 0.909 bits per heavy atom. The highest BCUT2D eigenvalue weighted by Gasteiger charge is 2.36. The molecule has 0 aliphatic carbocycles. The van der Waals surface area contributed by atoms with Gasteiger partial charge in [0.1, 0.15) is 11.9 Å². The molecule has 176 valence electrons. The van der Waals surface area contributed by atoms with Gasteiger partial charge < -0.3 is 19.4 Å². The number of likely N-dealkylation sites (N-methyl/N-ethyl adjacent to an activating group) is 1. The summed E-state index contributed by atoms with van der Waals surface area (Å²) in [5, 5.41) is 0. The van der Waals surface area contributed by atoms with Crippen LogP contribution in [0.3, 0.4) is 0 Å². The number of amides is 2. The summed E-state index contributed by atoms with van der Waals surface area (Å²) < 4.78 is 6.32. The van der Waals surface area contributed by atoms with Gasteiger partial charge in [0.2, 0.25) is 5.91 Å². The zero-order valence-electron chi connectivity index (χ0n) is 19.8. The standard InChI is InChI=1S/C27H35N3O3/c1-3-21-9-11-22(12-10-21)27(32)30-14-13-25(33-24-7-5-4-6-8-24)23(20-30)19-26(31)29-17-15-28(2)16-18-29/h4-12,23,25H,3,13-20H2,1-2H3/t23-,25-/m0/s1. The largest absolute Gasteiger partial charge is 0.490 e. The molecule has 2 atom stereocenters. The zero-order chi connectivity index (χ0) is 23.2. The van der Waals surface area contributed by atoms with Gasteiger partial charge in [-0.1, -0.05) is 37.3 Å². The number of aryl methyl sites for hydroxylation is 1. The Hall–Kier alpha value is -2.86.